The smallest absolute Gasteiger partial charge is 0.402 e. The van der Waals surface area contributed by atoms with Crippen molar-refractivity contribution in [3.8, 4) is 5.75 Å². The van der Waals surface area contributed by atoms with E-state index in [0.29, 0.717) is 0 Å². The highest BCUT2D eigenvalue weighted by atomic mass is 35.5. The van der Waals surface area contributed by atoms with Crippen LogP contribution in [0.25, 0.3) is 0 Å². The van der Waals surface area contributed by atoms with Crippen molar-refractivity contribution in [2.75, 3.05) is 5.73 Å². The number of nitrogens with zero attached hydrogens (tertiary/aromatic N) is 1. The fourth-order valence-electron chi connectivity index (χ4n) is 0.641. The summed E-state index contributed by atoms with van der Waals surface area (Å²) in [5, 5.41) is 0.00650. The second-order valence-electron chi connectivity index (χ2n) is 2.09. The molecule has 1 heterocycles. The number of nitrogen functional groups attached to an aromatic ring is 1. The van der Waals surface area contributed by atoms with Gasteiger partial charge in [0.1, 0.15) is 5.15 Å². The SMILES string of the molecule is Cl.Nc1cc(Cl)ncc1OC(F)(F)F. The minimum atomic E-state index is -4.77. The van der Waals surface area contributed by atoms with Gasteiger partial charge in [0, 0.05) is 6.07 Å². The summed E-state index contributed by atoms with van der Waals surface area (Å²) in [7, 11) is 0. The first-order valence-electron chi connectivity index (χ1n) is 3.05. The van der Waals surface area contributed by atoms with Crippen LogP contribution in [-0.4, -0.2) is 11.3 Å². The molecule has 0 radical (unpaired) electrons. The zero-order valence-electron chi connectivity index (χ0n) is 6.51. The van der Waals surface area contributed by atoms with Gasteiger partial charge in [0.25, 0.3) is 0 Å². The van der Waals surface area contributed by atoms with E-state index in [1.165, 1.54) is 0 Å². The Kier molecular flexibility index (Phi) is 4.28. The van der Waals surface area contributed by atoms with Crippen LogP contribution in [0.15, 0.2) is 12.3 Å². The van der Waals surface area contributed by atoms with E-state index in [1.807, 2.05) is 0 Å². The van der Waals surface area contributed by atoms with E-state index in [0.717, 1.165) is 12.3 Å². The third-order valence-corrected chi connectivity index (χ3v) is 1.30. The summed E-state index contributed by atoms with van der Waals surface area (Å²) < 4.78 is 38.6. The van der Waals surface area contributed by atoms with E-state index >= 15 is 0 Å². The maximum Gasteiger partial charge on any atom is 0.573 e. The maximum absolute atomic E-state index is 11.7. The number of aromatic nitrogens is 1. The van der Waals surface area contributed by atoms with Gasteiger partial charge < -0.3 is 10.5 Å². The summed E-state index contributed by atoms with van der Waals surface area (Å²) in [5.41, 5.74) is 4.97. The van der Waals surface area contributed by atoms with Crippen LogP contribution in [-0.2, 0) is 0 Å². The summed E-state index contributed by atoms with van der Waals surface area (Å²) in [6, 6.07) is 1.07. The zero-order chi connectivity index (χ0) is 10.1. The first-order valence-corrected chi connectivity index (χ1v) is 3.43. The number of ether oxygens (including phenoxy) is 1. The number of anilines is 1. The Morgan fingerprint density at radius 1 is 1.43 bits per heavy atom. The Morgan fingerprint density at radius 2 is 2.00 bits per heavy atom. The van der Waals surface area contributed by atoms with Crippen molar-refractivity contribution in [1.82, 2.24) is 4.98 Å². The Morgan fingerprint density at radius 3 is 2.43 bits per heavy atom. The third-order valence-electron chi connectivity index (χ3n) is 1.09. The van der Waals surface area contributed by atoms with Crippen LogP contribution in [0.4, 0.5) is 18.9 Å². The van der Waals surface area contributed by atoms with Gasteiger partial charge in [0.2, 0.25) is 0 Å². The summed E-state index contributed by atoms with van der Waals surface area (Å²) in [5.74, 6) is -0.558. The summed E-state index contributed by atoms with van der Waals surface area (Å²) in [6.07, 6.45) is -3.96. The van der Waals surface area contributed by atoms with E-state index in [2.05, 4.69) is 9.72 Å². The Balaban J connectivity index is 0.00000169. The predicted octanol–water partition coefficient (Wildman–Crippen LogP) is 2.64. The monoisotopic (exact) mass is 248 g/mol. The summed E-state index contributed by atoms with van der Waals surface area (Å²) >= 11 is 5.36. The number of alkyl halides is 3. The van der Waals surface area contributed by atoms with Crippen molar-refractivity contribution in [3.05, 3.63) is 17.4 Å². The standard InChI is InChI=1S/C6H4ClF3N2O.ClH/c7-5-1-3(11)4(2-12-5)13-6(8,9)10;/h1-2H,(H2,11,12);1H. The van der Waals surface area contributed by atoms with Crippen molar-refractivity contribution in [2.24, 2.45) is 0 Å². The number of rotatable bonds is 1. The molecule has 2 N–H and O–H groups in total. The molecule has 0 unspecified atom stereocenters. The fraction of sp³-hybridized carbons (Fsp3) is 0.167. The summed E-state index contributed by atoms with van der Waals surface area (Å²) in [4.78, 5) is 3.38. The minimum Gasteiger partial charge on any atom is -0.402 e. The second kappa shape index (κ2) is 4.56. The van der Waals surface area contributed by atoms with Gasteiger partial charge in [-0.3, -0.25) is 0 Å². The van der Waals surface area contributed by atoms with E-state index in [4.69, 9.17) is 17.3 Å². The Bertz CT molecular complexity index is 318. The lowest BCUT2D eigenvalue weighted by atomic mass is 10.4. The van der Waals surface area contributed by atoms with Crippen LogP contribution in [0.3, 0.4) is 0 Å². The van der Waals surface area contributed by atoms with Crippen LogP contribution in [0.2, 0.25) is 5.15 Å². The van der Waals surface area contributed by atoms with Crippen LogP contribution in [0.5, 0.6) is 5.75 Å². The largest absolute Gasteiger partial charge is 0.573 e. The lowest BCUT2D eigenvalue weighted by Gasteiger charge is -2.09. The molecule has 80 valence electrons. The van der Waals surface area contributed by atoms with Crippen molar-refractivity contribution in [2.45, 2.75) is 6.36 Å². The second-order valence-corrected chi connectivity index (χ2v) is 2.48. The molecule has 0 amide bonds. The van der Waals surface area contributed by atoms with E-state index in [9.17, 15) is 13.2 Å². The zero-order valence-corrected chi connectivity index (χ0v) is 8.08. The van der Waals surface area contributed by atoms with Gasteiger partial charge in [-0.15, -0.1) is 25.6 Å². The highest BCUT2D eigenvalue weighted by molar-refractivity contribution is 6.29. The van der Waals surface area contributed by atoms with Gasteiger partial charge in [-0.05, 0) is 0 Å². The average molecular weight is 249 g/mol. The third kappa shape index (κ3) is 3.89. The van der Waals surface area contributed by atoms with E-state index in [-0.39, 0.29) is 23.2 Å². The van der Waals surface area contributed by atoms with Crippen molar-refractivity contribution in [1.29, 1.82) is 0 Å². The maximum atomic E-state index is 11.7. The normalized spacial score (nSPS) is 10.6. The van der Waals surface area contributed by atoms with Crippen LogP contribution in [0.1, 0.15) is 0 Å². The quantitative estimate of drug-likeness (QED) is 0.778. The van der Waals surface area contributed by atoms with Crippen molar-refractivity contribution >= 4 is 29.7 Å². The van der Waals surface area contributed by atoms with Gasteiger partial charge >= 0.3 is 6.36 Å². The lowest BCUT2D eigenvalue weighted by molar-refractivity contribution is -0.274. The number of hydrogen-bond acceptors (Lipinski definition) is 3. The number of nitrogens with two attached hydrogens (primary N) is 1. The molecule has 0 aliphatic rings. The molecule has 1 aromatic heterocycles. The molecule has 0 spiro atoms. The molecule has 3 nitrogen and oxygen atoms in total. The molecule has 0 saturated carbocycles. The number of pyridine rings is 1. The molecule has 0 aliphatic carbocycles. The lowest BCUT2D eigenvalue weighted by Crippen LogP contribution is -2.18. The van der Waals surface area contributed by atoms with E-state index in [1.54, 1.807) is 0 Å². The first kappa shape index (κ1) is 13.1. The average Bonchev–Trinajstić information content (AvgIpc) is 1.93. The molecule has 0 fully saturated rings. The Labute approximate surface area is 88.4 Å². The molecule has 0 saturated heterocycles. The van der Waals surface area contributed by atoms with Crippen LogP contribution < -0.4 is 10.5 Å². The molecule has 0 aromatic carbocycles. The minimum absolute atomic E-state index is 0. The number of hydrogen-bond donors (Lipinski definition) is 1. The molecular weight excluding hydrogens is 244 g/mol. The van der Waals surface area contributed by atoms with Gasteiger partial charge in [-0.1, -0.05) is 11.6 Å². The molecule has 14 heavy (non-hydrogen) atoms. The van der Waals surface area contributed by atoms with Gasteiger partial charge in [0.05, 0.1) is 11.9 Å². The van der Waals surface area contributed by atoms with E-state index < -0.39 is 12.1 Å². The molecule has 0 aliphatic heterocycles. The molecular formula is C6H5Cl2F3N2O. The van der Waals surface area contributed by atoms with Gasteiger partial charge in [-0.2, -0.15) is 0 Å². The summed E-state index contributed by atoms with van der Waals surface area (Å²) in [6.45, 7) is 0. The highest BCUT2D eigenvalue weighted by Crippen LogP contribution is 2.28. The van der Waals surface area contributed by atoms with Crippen LogP contribution in [0, 0.1) is 0 Å². The Hall–Kier alpha value is -0.880. The van der Waals surface area contributed by atoms with Crippen molar-refractivity contribution < 1.29 is 17.9 Å². The highest BCUT2D eigenvalue weighted by Gasteiger charge is 2.32. The molecule has 8 heteroatoms. The van der Waals surface area contributed by atoms with Crippen LogP contribution >= 0.6 is 24.0 Å². The molecule has 0 atom stereocenters. The predicted molar refractivity (Wildman–Crippen MR) is 47.6 cm³/mol. The topological polar surface area (TPSA) is 48.1 Å². The molecule has 1 aromatic rings. The first-order chi connectivity index (χ1) is 5.88. The van der Waals surface area contributed by atoms with Crippen molar-refractivity contribution in [3.63, 3.8) is 0 Å². The molecule has 0 bridgehead atoms. The number of halogens is 5. The van der Waals surface area contributed by atoms with Gasteiger partial charge in [0.15, 0.2) is 5.75 Å². The van der Waals surface area contributed by atoms with Gasteiger partial charge in [-0.25, -0.2) is 4.98 Å². The fourth-order valence-corrected chi connectivity index (χ4v) is 0.808. The molecule has 1 rings (SSSR count).